The van der Waals surface area contributed by atoms with Crippen molar-refractivity contribution < 1.29 is 0 Å². The third-order valence-electron chi connectivity index (χ3n) is 6.26. The van der Waals surface area contributed by atoms with Gasteiger partial charge in [-0.05, 0) is 56.5 Å². The molecule has 174 valence electrons. The van der Waals surface area contributed by atoms with Crippen LogP contribution in [0, 0.1) is 6.92 Å². The summed E-state index contributed by atoms with van der Waals surface area (Å²) in [6.07, 6.45) is 6.44. The fraction of sp³-hybridized carbons (Fsp3) is 0.407. The van der Waals surface area contributed by atoms with E-state index in [-0.39, 0.29) is 0 Å². The standard InChI is InChI=1S/C27H36N6/c1-3-28-27(31-20-26(32-15-7-8-16-32)25-12-5-4-6-13-25)30-19-23-10-9-11-24(18-23)21-33-17-14-29-22(33)2/h4-6,9-14,17-18,26H,3,7-8,15-16,19-21H2,1-2H3,(H2,28,30,31). The molecule has 4 rings (SSSR count). The van der Waals surface area contributed by atoms with Gasteiger partial charge in [0, 0.05) is 32.0 Å². The normalized spacial score (nSPS) is 15.5. The smallest absolute Gasteiger partial charge is 0.191 e. The number of aromatic nitrogens is 2. The largest absolute Gasteiger partial charge is 0.357 e. The number of imidazole rings is 1. The summed E-state index contributed by atoms with van der Waals surface area (Å²) in [7, 11) is 0. The van der Waals surface area contributed by atoms with Crippen molar-refractivity contribution in [2.75, 3.05) is 26.2 Å². The second-order valence-corrected chi connectivity index (χ2v) is 8.67. The Balaban J connectivity index is 1.42. The van der Waals surface area contributed by atoms with E-state index < -0.39 is 0 Å². The summed E-state index contributed by atoms with van der Waals surface area (Å²) in [6.45, 7) is 9.63. The molecule has 0 amide bonds. The lowest BCUT2D eigenvalue weighted by atomic mass is 10.1. The average Bonchev–Trinajstić information content (AvgIpc) is 3.51. The molecule has 0 saturated carbocycles. The minimum Gasteiger partial charge on any atom is -0.357 e. The highest BCUT2D eigenvalue weighted by Gasteiger charge is 2.23. The molecule has 0 aliphatic carbocycles. The van der Waals surface area contributed by atoms with E-state index in [0.717, 1.165) is 44.5 Å². The average molecular weight is 445 g/mol. The number of guanidine groups is 1. The lowest BCUT2D eigenvalue weighted by Crippen LogP contribution is -2.42. The van der Waals surface area contributed by atoms with Crippen molar-refractivity contribution in [3.63, 3.8) is 0 Å². The number of benzene rings is 2. The highest BCUT2D eigenvalue weighted by molar-refractivity contribution is 5.79. The molecule has 1 atom stereocenters. The van der Waals surface area contributed by atoms with Crippen LogP contribution >= 0.6 is 0 Å². The fourth-order valence-corrected chi connectivity index (χ4v) is 4.49. The number of aryl methyl sites for hydroxylation is 1. The summed E-state index contributed by atoms with van der Waals surface area (Å²) < 4.78 is 2.16. The molecule has 6 nitrogen and oxygen atoms in total. The van der Waals surface area contributed by atoms with Gasteiger partial charge in [-0.25, -0.2) is 9.98 Å². The van der Waals surface area contributed by atoms with E-state index in [2.05, 4.69) is 86.6 Å². The van der Waals surface area contributed by atoms with Gasteiger partial charge in [-0.15, -0.1) is 0 Å². The molecule has 3 aromatic rings. The molecule has 2 aromatic carbocycles. The van der Waals surface area contributed by atoms with Gasteiger partial charge in [-0.1, -0.05) is 54.6 Å². The summed E-state index contributed by atoms with van der Waals surface area (Å²) in [4.78, 5) is 11.8. The Labute approximate surface area is 197 Å². The van der Waals surface area contributed by atoms with E-state index in [1.807, 2.05) is 19.3 Å². The fourth-order valence-electron chi connectivity index (χ4n) is 4.49. The van der Waals surface area contributed by atoms with Crippen molar-refractivity contribution in [1.29, 1.82) is 0 Å². The van der Waals surface area contributed by atoms with Gasteiger partial charge in [0.1, 0.15) is 5.82 Å². The van der Waals surface area contributed by atoms with Crippen LogP contribution in [-0.2, 0) is 13.1 Å². The van der Waals surface area contributed by atoms with E-state index in [1.165, 1.54) is 29.5 Å². The molecule has 1 unspecified atom stereocenters. The van der Waals surface area contributed by atoms with Crippen molar-refractivity contribution in [2.24, 2.45) is 4.99 Å². The van der Waals surface area contributed by atoms with E-state index in [4.69, 9.17) is 4.99 Å². The zero-order valence-corrected chi connectivity index (χ0v) is 19.9. The minimum absolute atomic E-state index is 0.360. The summed E-state index contributed by atoms with van der Waals surface area (Å²) in [6, 6.07) is 19.9. The van der Waals surface area contributed by atoms with Crippen molar-refractivity contribution >= 4 is 5.96 Å². The van der Waals surface area contributed by atoms with Crippen LogP contribution in [0.15, 0.2) is 72.0 Å². The molecular weight excluding hydrogens is 408 g/mol. The first-order chi connectivity index (χ1) is 16.2. The molecule has 6 heteroatoms. The van der Waals surface area contributed by atoms with Crippen molar-refractivity contribution in [3.8, 4) is 0 Å². The summed E-state index contributed by atoms with van der Waals surface area (Å²) in [5.41, 5.74) is 3.84. The molecule has 1 fully saturated rings. The zero-order chi connectivity index (χ0) is 22.9. The summed E-state index contributed by atoms with van der Waals surface area (Å²) in [5.74, 6) is 1.90. The molecule has 0 bridgehead atoms. The molecule has 0 spiro atoms. The summed E-state index contributed by atoms with van der Waals surface area (Å²) >= 11 is 0. The van der Waals surface area contributed by atoms with E-state index >= 15 is 0 Å². The van der Waals surface area contributed by atoms with Gasteiger partial charge in [-0.2, -0.15) is 0 Å². The number of hydrogen-bond donors (Lipinski definition) is 2. The topological polar surface area (TPSA) is 57.5 Å². The molecule has 1 saturated heterocycles. The van der Waals surface area contributed by atoms with Gasteiger partial charge in [0.25, 0.3) is 0 Å². The Hall–Kier alpha value is -3.12. The monoisotopic (exact) mass is 444 g/mol. The Morgan fingerprint density at radius 2 is 1.82 bits per heavy atom. The van der Waals surface area contributed by atoms with Crippen molar-refractivity contribution in [2.45, 2.75) is 45.8 Å². The van der Waals surface area contributed by atoms with Crippen LogP contribution in [0.25, 0.3) is 0 Å². The van der Waals surface area contributed by atoms with Crippen LogP contribution in [0.2, 0.25) is 0 Å². The third kappa shape index (κ3) is 6.45. The first-order valence-electron chi connectivity index (χ1n) is 12.1. The van der Waals surface area contributed by atoms with Crippen molar-refractivity contribution in [3.05, 3.63) is 89.5 Å². The van der Waals surface area contributed by atoms with E-state index in [0.29, 0.717) is 12.6 Å². The molecule has 0 radical (unpaired) electrons. The molecular formula is C27H36N6. The van der Waals surface area contributed by atoms with Crippen LogP contribution in [0.3, 0.4) is 0 Å². The highest BCUT2D eigenvalue weighted by Crippen LogP contribution is 2.24. The molecule has 2 heterocycles. The summed E-state index contributed by atoms with van der Waals surface area (Å²) in [5, 5.41) is 7.03. The second-order valence-electron chi connectivity index (χ2n) is 8.67. The van der Waals surface area contributed by atoms with Gasteiger partial charge < -0.3 is 15.2 Å². The van der Waals surface area contributed by atoms with Crippen LogP contribution in [0.4, 0.5) is 0 Å². The first kappa shape index (κ1) is 23.1. The van der Waals surface area contributed by atoms with Crippen molar-refractivity contribution in [1.82, 2.24) is 25.1 Å². The van der Waals surface area contributed by atoms with Crippen LogP contribution < -0.4 is 10.6 Å². The molecule has 2 N–H and O–H groups in total. The number of hydrogen-bond acceptors (Lipinski definition) is 3. The Morgan fingerprint density at radius 1 is 1.03 bits per heavy atom. The number of rotatable bonds is 9. The first-order valence-corrected chi connectivity index (χ1v) is 12.1. The molecule has 1 aliphatic heterocycles. The van der Waals surface area contributed by atoms with Crippen LogP contribution in [-0.4, -0.2) is 46.6 Å². The zero-order valence-electron chi connectivity index (χ0n) is 19.9. The van der Waals surface area contributed by atoms with Gasteiger partial charge in [-0.3, -0.25) is 4.90 Å². The number of nitrogens with one attached hydrogen (secondary N) is 2. The Kier molecular flexibility index (Phi) is 8.14. The molecule has 33 heavy (non-hydrogen) atoms. The highest BCUT2D eigenvalue weighted by atomic mass is 15.2. The van der Waals surface area contributed by atoms with Gasteiger partial charge >= 0.3 is 0 Å². The van der Waals surface area contributed by atoms with E-state index in [9.17, 15) is 0 Å². The quantitative estimate of drug-likeness (QED) is 0.385. The maximum atomic E-state index is 4.89. The van der Waals surface area contributed by atoms with Crippen LogP contribution in [0.1, 0.15) is 48.3 Å². The lowest BCUT2D eigenvalue weighted by molar-refractivity contribution is 0.245. The lowest BCUT2D eigenvalue weighted by Gasteiger charge is -2.29. The van der Waals surface area contributed by atoms with E-state index in [1.54, 1.807) is 0 Å². The van der Waals surface area contributed by atoms with Gasteiger partial charge in [0.15, 0.2) is 5.96 Å². The Bertz CT molecular complexity index is 1020. The SMILES string of the molecule is CCNC(=NCc1cccc(Cn2ccnc2C)c1)NCC(c1ccccc1)N1CCCC1. The molecule has 1 aliphatic rings. The molecule has 1 aromatic heterocycles. The minimum atomic E-state index is 0.360. The maximum Gasteiger partial charge on any atom is 0.191 e. The number of likely N-dealkylation sites (tertiary alicyclic amines) is 1. The number of aliphatic imine (C=N–C) groups is 1. The van der Waals surface area contributed by atoms with Gasteiger partial charge in [0.05, 0.1) is 12.6 Å². The number of nitrogens with zero attached hydrogens (tertiary/aromatic N) is 4. The second kappa shape index (κ2) is 11.7. The maximum absolute atomic E-state index is 4.89. The predicted octanol–water partition coefficient (Wildman–Crippen LogP) is 4.13. The third-order valence-corrected chi connectivity index (χ3v) is 6.26. The Morgan fingerprint density at radius 3 is 2.55 bits per heavy atom. The van der Waals surface area contributed by atoms with Crippen LogP contribution in [0.5, 0.6) is 0 Å². The van der Waals surface area contributed by atoms with Gasteiger partial charge in [0.2, 0.25) is 0 Å². The predicted molar refractivity (Wildman–Crippen MR) is 135 cm³/mol.